The van der Waals surface area contributed by atoms with Gasteiger partial charge >= 0.3 is 0 Å². The van der Waals surface area contributed by atoms with Crippen LogP contribution in [0.5, 0.6) is 0 Å². The van der Waals surface area contributed by atoms with E-state index in [1.54, 1.807) is 0 Å². The third-order valence-corrected chi connectivity index (χ3v) is 2.84. The van der Waals surface area contributed by atoms with E-state index in [4.69, 9.17) is 14.2 Å². The van der Waals surface area contributed by atoms with Crippen molar-refractivity contribution in [3.8, 4) is 0 Å². The minimum absolute atomic E-state index is 0.201. The van der Waals surface area contributed by atoms with E-state index in [9.17, 15) is 10.2 Å². The van der Waals surface area contributed by atoms with Gasteiger partial charge in [-0.25, -0.2) is 0 Å². The number of aliphatic hydroxyl groups is 2. The normalized spacial score (nSPS) is 39.4. The fourth-order valence-electron chi connectivity index (χ4n) is 1.82. The topological polar surface area (TPSA) is 68.2 Å². The zero-order chi connectivity index (χ0) is 11.4. The maximum Gasteiger partial charge on any atom is 0.157 e. The summed E-state index contributed by atoms with van der Waals surface area (Å²) in [5, 5.41) is 19.0. The predicted molar refractivity (Wildman–Crippen MR) is 55.6 cm³/mol. The number of aliphatic hydroxyl groups excluding tert-OH is 2. The standard InChI is InChI=1S/C11H18O5/c12-8-4-6-14-9(11(8)13)7-16-10-3-1-2-5-15-10/h4,6,8-13H,1-3,5,7H2/t8-,9+,10?,11+/m0/s1. The number of ether oxygens (including phenoxy) is 3. The second kappa shape index (κ2) is 5.63. The summed E-state index contributed by atoms with van der Waals surface area (Å²) in [5.41, 5.74) is 0. The Morgan fingerprint density at radius 3 is 2.94 bits per heavy atom. The molecule has 16 heavy (non-hydrogen) atoms. The summed E-state index contributed by atoms with van der Waals surface area (Å²) in [7, 11) is 0. The second-order valence-corrected chi connectivity index (χ2v) is 4.11. The van der Waals surface area contributed by atoms with Crippen molar-refractivity contribution < 1.29 is 24.4 Å². The van der Waals surface area contributed by atoms with Gasteiger partial charge in [-0.2, -0.15) is 0 Å². The Labute approximate surface area is 94.6 Å². The second-order valence-electron chi connectivity index (χ2n) is 4.11. The van der Waals surface area contributed by atoms with Gasteiger partial charge in [0.25, 0.3) is 0 Å². The Balaban J connectivity index is 1.74. The summed E-state index contributed by atoms with van der Waals surface area (Å²) in [4.78, 5) is 0. The van der Waals surface area contributed by atoms with Crippen LogP contribution in [0, 0.1) is 0 Å². The molecular weight excluding hydrogens is 212 g/mol. The molecule has 2 aliphatic heterocycles. The first-order valence-corrected chi connectivity index (χ1v) is 5.69. The fourth-order valence-corrected chi connectivity index (χ4v) is 1.82. The monoisotopic (exact) mass is 230 g/mol. The molecule has 0 aliphatic carbocycles. The van der Waals surface area contributed by atoms with Gasteiger partial charge in [0.05, 0.1) is 12.9 Å². The van der Waals surface area contributed by atoms with Crippen molar-refractivity contribution in [3.05, 3.63) is 12.3 Å². The summed E-state index contributed by atoms with van der Waals surface area (Å²) in [6.45, 7) is 0.953. The predicted octanol–water partition coefficient (Wildman–Crippen LogP) is 0.164. The quantitative estimate of drug-likeness (QED) is 0.723. The third kappa shape index (κ3) is 2.95. The van der Waals surface area contributed by atoms with Gasteiger partial charge in [0.15, 0.2) is 6.29 Å². The molecular formula is C11H18O5. The van der Waals surface area contributed by atoms with E-state index in [0.29, 0.717) is 0 Å². The highest BCUT2D eigenvalue weighted by Gasteiger charge is 2.30. The molecule has 1 saturated heterocycles. The van der Waals surface area contributed by atoms with E-state index in [1.165, 1.54) is 12.3 Å². The highest BCUT2D eigenvalue weighted by atomic mass is 16.7. The summed E-state index contributed by atoms with van der Waals surface area (Å²) in [6, 6.07) is 0. The summed E-state index contributed by atoms with van der Waals surface area (Å²) >= 11 is 0. The lowest BCUT2D eigenvalue weighted by atomic mass is 10.1. The molecule has 2 aliphatic rings. The molecule has 0 spiro atoms. The van der Waals surface area contributed by atoms with E-state index in [0.717, 1.165) is 25.9 Å². The molecule has 0 amide bonds. The smallest absolute Gasteiger partial charge is 0.157 e. The lowest BCUT2D eigenvalue weighted by molar-refractivity contribution is -0.190. The van der Waals surface area contributed by atoms with Crippen LogP contribution >= 0.6 is 0 Å². The minimum atomic E-state index is -0.936. The highest BCUT2D eigenvalue weighted by Crippen LogP contribution is 2.17. The molecule has 5 nitrogen and oxygen atoms in total. The van der Waals surface area contributed by atoms with Crippen molar-refractivity contribution in [1.82, 2.24) is 0 Å². The lowest BCUT2D eigenvalue weighted by Gasteiger charge is -2.30. The van der Waals surface area contributed by atoms with E-state index >= 15 is 0 Å². The molecule has 0 bridgehead atoms. The summed E-state index contributed by atoms with van der Waals surface area (Å²) in [5.74, 6) is 0. The molecule has 2 rings (SSSR count). The summed E-state index contributed by atoms with van der Waals surface area (Å²) < 4.78 is 16.1. The van der Waals surface area contributed by atoms with Gasteiger partial charge in [-0.05, 0) is 25.3 Å². The molecule has 0 radical (unpaired) electrons. The number of rotatable bonds is 3. The van der Waals surface area contributed by atoms with Gasteiger partial charge in [0.2, 0.25) is 0 Å². The van der Waals surface area contributed by atoms with Gasteiger partial charge in [-0.1, -0.05) is 0 Å². The van der Waals surface area contributed by atoms with Gasteiger partial charge in [0, 0.05) is 6.61 Å². The van der Waals surface area contributed by atoms with Crippen LogP contribution in [0.25, 0.3) is 0 Å². The molecule has 5 heteroatoms. The van der Waals surface area contributed by atoms with Gasteiger partial charge in [0.1, 0.15) is 18.3 Å². The largest absolute Gasteiger partial charge is 0.493 e. The maximum atomic E-state index is 9.62. The van der Waals surface area contributed by atoms with E-state index in [-0.39, 0.29) is 12.9 Å². The molecule has 92 valence electrons. The van der Waals surface area contributed by atoms with Crippen LogP contribution in [-0.2, 0) is 14.2 Å². The molecule has 0 aromatic heterocycles. The molecule has 1 fully saturated rings. The average molecular weight is 230 g/mol. The van der Waals surface area contributed by atoms with Crippen molar-refractivity contribution in [3.63, 3.8) is 0 Å². The van der Waals surface area contributed by atoms with Crippen molar-refractivity contribution in [2.75, 3.05) is 13.2 Å². The number of hydrogen-bond donors (Lipinski definition) is 2. The zero-order valence-corrected chi connectivity index (χ0v) is 9.12. The van der Waals surface area contributed by atoms with Crippen LogP contribution in [0.1, 0.15) is 19.3 Å². The Hall–Kier alpha value is -0.620. The molecule has 2 heterocycles. The van der Waals surface area contributed by atoms with Crippen molar-refractivity contribution in [2.24, 2.45) is 0 Å². The zero-order valence-electron chi connectivity index (χ0n) is 9.12. The van der Waals surface area contributed by atoms with Gasteiger partial charge in [-0.15, -0.1) is 0 Å². The van der Waals surface area contributed by atoms with Gasteiger partial charge in [-0.3, -0.25) is 0 Å². The first-order chi connectivity index (χ1) is 7.77. The SMILES string of the molecule is O[C@@H]1[C@@H](O)C=CO[C@@H]1COC1CCCCO1. The Morgan fingerprint density at radius 2 is 2.19 bits per heavy atom. The summed E-state index contributed by atoms with van der Waals surface area (Å²) in [6.07, 6.45) is 3.32. The molecule has 4 atom stereocenters. The first-order valence-electron chi connectivity index (χ1n) is 5.69. The van der Waals surface area contributed by atoms with E-state index < -0.39 is 18.3 Å². The van der Waals surface area contributed by atoms with Gasteiger partial charge < -0.3 is 24.4 Å². The van der Waals surface area contributed by atoms with Crippen LogP contribution in [0.15, 0.2) is 12.3 Å². The van der Waals surface area contributed by atoms with E-state index in [1.807, 2.05) is 0 Å². The fraction of sp³-hybridized carbons (Fsp3) is 0.818. The maximum absolute atomic E-state index is 9.62. The van der Waals surface area contributed by atoms with Crippen LogP contribution < -0.4 is 0 Å². The van der Waals surface area contributed by atoms with Crippen molar-refractivity contribution in [2.45, 2.75) is 43.9 Å². The first kappa shape index (κ1) is 11.9. The van der Waals surface area contributed by atoms with Crippen LogP contribution in [0.3, 0.4) is 0 Å². The molecule has 0 aromatic rings. The lowest BCUT2D eigenvalue weighted by Crippen LogP contribution is -2.43. The van der Waals surface area contributed by atoms with Crippen LogP contribution in [0.4, 0.5) is 0 Å². The minimum Gasteiger partial charge on any atom is -0.493 e. The Kier molecular flexibility index (Phi) is 4.17. The highest BCUT2D eigenvalue weighted by molar-refractivity contribution is 4.96. The Bertz CT molecular complexity index is 237. The number of hydrogen-bond acceptors (Lipinski definition) is 5. The molecule has 1 unspecified atom stereocenters. The van der Waals surface area contributed by atoms with E-state index in [2.05, 4.69) is 0 Å². The third-order valence-electron chi connectivity index (χ3n) is 2.84. The van der Waals surface area contributed by atoms with Crippen LogP contribution in [0.2, 0.25) is 0 Å². The van der Waals surface area contributed by atoms with Crippen LogP contribution in [-0.4, -0.2) is 48.0 Å². The average Bonchev–Trinajstić information content (AvgIpc) is 2.32. The molecule has 2 N–H and O–H groups in total. The van der Waals surface area contributed by atoms with Crippen molar-refractivity contribution >= 4 is 0 Å². The molecule has 0 aromatic carbocycles. The Morgan fingerprint density at radius 1 is 1.31 bits per heavy atom. The molecule has 0 saturated carbocycles. The van der Waals surface area contributed by atoms with Crippen molar-refractivity contribution in [1.29, 1.82) is 0 Å².